The number of hydrogen-bond acceptors (Lipinski definition) is 5. The maximum absolute atomic E-state index is 14.2. The highest BCUT2D eigenvalue weighted by Crippen LogP contribution is 2.43. The van der Waals surface area contributed by atoms with Gasteiger partial charge in [0.1, 0.15) is 23.9 Å². The van der Waals surface area contributed by atoms with Gasteiger partial charge in [-0.15, -0.1) is 0 Å². The molecular weight excluding hydrogens is 471 g/mol. The molecule has 2 aliphatic heterocycles. The van der Waals surface area contributed by atoms with E-state index in [9.17, 15) is 9.18 Å². The smallest absolute Gasteiger partial charge is 0.340 e. The largest absolute Gasteiger partial charge is 0.492 e. The van der Waals surface area contributed by atoms with Crippen molar-refractivity contribution in [1.29, 1.82) is 0 Å². The maximum atomic E-state index is 14.2. The molecule has 0 radical (unpaired) electrons. The normalized spacial score (nSPS) is 18.1. The molecule has 0 saturated heterocycles. The molecule has 0 bridgehead atoms. The Balaban J connectivity index is 1.47. The number of fused-ring (bicyclic) bond motifs is 3. The third-order valence-electron chi connectivity index (χ3n) is 6.70. The number of carbonyl (C=O) groups excluding carboxylic acids is 1. The number of hydrogen-bond donors (Lipinski definition) is 0. The summed E-state index contributed by atoms with van der Waals surface area (Å²) in [5.41, 5.74) is 3.20. The van der Waals surface area contributed by atoms with Crippen molar-refractivity contribution in [2.75, 3.05) is 40.8 Å². The highest BCUT2D eigenvalue weighted by Gasteiger charge is 2.46. The number of likely N-dealkylation sites (N-methyl/N-ethyl adjacent to an activating group) is 2. The van der Waals surface area contributed by atoms with Crippen LogP contribution in [0.3, 0.4) is 0 Å². The third-order valence-corrected chi connectivity index (χ3v) is 6.70. The van der Waals surface area contributed by atoms with E-state index >= 15 is 0 Å². The van der Waals surface area contributed by atoms with E-state index in [0.29, 0.717) is 42.5 Å². The number of ether oxygens (including phenoxy) is 2. The van der Waals surface area contributed by atoms with Crippen LogP contribution in [0.1, 0.15) is 22.7 Å². The van der Waals surface area contributed by atoms with E-state index in [1.807, 2.05) is 73.6 Å². The van der Waals surface area contributed by atoms with Crippen molar-refractivity contribution in [3.63, 3.8) is 0 Å². The zero-order chi connectivity index (χ0) is 25.9. The topological polar surface area (TPSA) is 57.6 Å². The highest BCUT2D eigenvalue weighted by atomic mass is 19.1. The number of hydrazone groups is 1. The van der Waals surface area contributed by atoms with E-state index in [2.05, 4.69) is 0 Å². The number of rotatable bonds is 7. The molecule has 0 spiro atoms. The molecule has 2 amide bonds. The Morgan fingerprint density at radius 3 is 2.65 bits per heavy atom. The van der Waals surface area contributed by atoms with Gasteiger partial charge in [-0.1, -0.05) is 42.5 Å². The number of nitrogens with zero attached hydrogens (tertiary/aromatic N) is 4. The number of carbonyl (C=O) groups is 1. The first-order chi connectivity index (χ1) is 17.9. The fourth-order valence-corrected chi connectivity index (χ4v) is 4.69. The minimum absolute atomic E-state index is 0.220. The summed E-state index contributed by atoms with van der Waals surface area (Å²) >= 11 is 0. The molecule has 2 heterocycles. The van der Waals surface area contributed by atoms with E-state index in [-0.39, 0.29) is 17.8 Å². The van der Waals surface area contributed by atoms with Crippen molar-refractivity contribution in [3.8, 4) is 11.5 Å². The van der Waals surface area contributed by atoms with Crippen molar-refractivity contribution in [3.05, 3.63) is 95.3 Å². The molecule has 0 aliphatic carbocycles. The molecule has 0 aromatic heterocycles. The SMILES string of the molecule is CN(C)CCN(C)C(=O)N1N=C2c3cc(F)ccc3OCC2C1c1cccc(OCc2ccccc2)c1. The van der Waals surface area contributed by atoms with Crippen LogP contribution in [-0.4, -0.2) is 67.4 Å². The first-order valence-electron chi connectivity index (χ1n) is 12.4. The molecule has 2 unspecified atom stereocenters. The van der Waals surface area contributed by atoms with Crippen LogP contribution >= 0.6 is 0 Å². The van der Waals surface area contributed by atoms with E-state index in [4.69, 9.17) is 14.6 Å². The second kappa shape index (κ2) is 10.6. The minimum Gasteiger partial charge on any atom is -0.492 e. The Kier molecular flexibility index (Phi) is 7.10. The van der Waals surface area contributed by atoms with Gasteiger partial charge in [-0.05, 0) is 55.6 Å². The van der Waals surface area contributed by atoms with Gasteiger partial charge in [-0.2, -0.15) is 5.10 Å². The average Bonchev–Trinajstić information content (AvgIpc) is 3.31. The molecule has 37 heavy (non-hydrogen) atoms. The predicted molar refractivity (Wildman–Crippen MR) is 140 cm³/mol. The monoisotopic (exact) mass is 502 g/mol. The summed E-state index contributed by atoms with van der Waals surface area (Å²) < 4.78 is 26.3. The standard InChI is InChI=1S/C29H31FN4O3/c1-32(2)14-15-33(3)29(35)34-28(25-19-37-26-13-12-22(30)17-24(26)27(25)31-34)21-10-7-11-23(16-21)36-18-20-8-5-4-6-9-20/h4-13,16-17,25,28H,14-15,18-19H2,1-3H3. The summed E-state index contributed by atoms with van der Waals surface area (Å²) in [6.07, 6.45) is 0. The van der Waals surface area contributed by atoms with Gasteiger partial charge in [0.15, 0.2) is 0 Å². The lowest BCUT2D eigenvalue weighted by Gasteiger charge is -2.32. The molecule has 8 heteroatoms. The average molecular weight is 503 g/mol. The van der Waals surface area contributed by atoms with Crippen LogP contribution in [0.4, 0.5) is 9.18 Å². The van der Waals surface area contributed by atoms with E-state index < -0.39 is 6.04 Å². The lowest BCUT2D eigenvalue weighted by molar-refractivity contribution is 0.131. The van der Waals surface area contributed by atoms with Crippen LogP contribution < -0.4 is 9.47 Å². The lowest BCUT2D eigenvalue weighted by Crippen LogP contribution is -2.43. The van der Waals surface area contributed by atoms with Crippen LogP contribution in [0.2, 0.25) is 0 Å². The second-order valence-electron chi connectivity index (χ2n) is 9.69. The van der Waals surface area contributed by atoms with Gasteiger partial charge in [0.2, 0.25) is 0 Å². The maximum Gasteiger partial charge on any atom is 0.340 e. The third kappa shape index (κ3) is 5.29. The van der Waals surface area contributed by atoms with Gasteiger partial charge in [0.25, 0.3) is 0 Å². The fourth-order valence-electron chi connectivity index (χ4n) is 4.69. The molecule has 3 aromatic rings. The van der Waals surface area contributed by atoms with Crippen molar-refractivity contribution < 1.29 is 18.7 Å². The number of urea groups is 1. The van der Waals surface area contributed by atoms with Crippen molar-refractivity contribution in [2.24, 2.45) is 11.0 Å². The summed E-state index contributed by atoms with van der Waals surface area (Å²) in [7, 11) is 5.71. The fraction of sp³-hybridized carbons (Fsp3) is 0.310. The molecule has 3 aromatic carbocycles. The van der Waals surface area contributed by atoms with E-state index in [1.54, 1.807) is 18.0 Å². The minimum atomic E-state index is -0.416. The van der Waals surface area contributed by atoms with Gasteiger partial charge >= 0.3 is 6.03 Å². The Morgan fingerprint density at radius 1 is 1.05 bits per heavy atom. The van der Waals surface area contributed by atoms with E-state index in [0.717, 1.165) is 17.7 Å². The number of amides is 2. The Morgan fingerprint density at radius 2 is 1.86 bits per heavy atom. The van der Waals surface area contributed by atoms with Crippen LogP contribution in [0.25, 0.3) is 0 Å². The first kappa shape index (κ1) is 24.8. The highest BCUT2D eigenvalue weighted by molar-refractivity contribution is 6.07. The summed E-state index contributed by atoms with van der Waals surface area (Å²) in [6, 6.07) is 21.5. The Labute approximate surface area is 216 Å². The molecule has 0 N–H and O–H groups in total. The van der Waals surface area contributed by atoms with Crippen LogP contribution in [0.5, 0.6) is 11.5 Å². The van der Waals surface area contributed by atoms with Gasteiger partial charge in [0, 0.05) is 25.7 Å². The van der Waals surface area contributed by atoms with E-state index in [1.165, 1.54) is 17.1 Å². The molecule has 2 atom stereocenters. The molecule has 2 aliphatic rings. The van der Waals surface area contributed by atoms with Gasteiger partial charge in [0.05, 0.1) is 24.3 Å². The Bertz CT molecular complexity index is 1300. The molecule has 0 saturated carbocycles. The lowest BCUT2D eigenvalue weighted by atomic mass is 9.86. The molecule has 7 nitrogen and oxygen atoms in total. The molecule has 192 valence electrons. The first-order valence-corrected chi connectivity index (χ1v) is 12.4. The Hall–Kier alpha value is -3.91. The molecular formula is C29H31FN4O3. The van der Waals surface area contributed by atoms with Crippen LogP contribution in [0.15, 0.2) is 77.9 Å². The summed E-state index contributed by atoms with van der Waals surface area (Å²) in [5.74, 6) is 0.660. The van der Waals surface area contributed by atoms with Crippen molar-refractivity contribution in [1.82, 2.24) is 14.8 Å². The number of benzene rings is 3. The molecule has 0 fully saturated rings. The van der Waals surface area contributed by atoms with Crippen molar-refractivity contribution >= 4 is 11.7 Å². The van der Waals surface area contributed by atoms with Gasteiger partial charge in [-0.25, -0.2) is 14.2 Å². The quantitative estimate of drug-likeness (QED) is 0.466. The van der Waals surface area contributed by atoms with Gasteiger partial charge < -0.3 is 19.3 Å². The van der Waals surface area contributed by atoms with Crippen LogP contribution in [-0.2, 0) is 6.61 Å². The number of halogens is 1. The zero-order valence-corrected chi connectivity index (χ0v) is 21.3. The van der Waals surface area contributed by atoms with Crippen molar-refractivity contribution in [2.45, 2.75) is 12.6 Å². The van der Waals surface area contributed by atoms with Gasteiger partial charge in [-0.3, -0.25) is 0 Å². The second-order valence-corrected chi connectivity index (χ2v) is 9.69. The molecule has 5 rings (SSSR count). The van der Waals surface area contributed by atoms with Crippen LogP contribution in [0, 0.1) is 11.7 Å². The summed E-state index contributed by atoms with van der Waals surface area (Å²) in [4.78, 5) is 17.3. The summed E-state index contributed by atoms with van der Waals surface area (Å²) in [6.45, 7) is 2.04. The summed E-state index contributed by atoms with van der Waals surface area (Å²) in [5, 5.41) is 6.30. The zero-order valence-electron chi connectivity index (χ0n) is 21.3. The predicted octanol–water partition coefficient (Wildman–Crippen LogP) is 4.79.